The maximum atomic E-state index is 12.9. The molecule has 1 aliphatic rings. The summed E-state index contributed by atoms with van der Waals surface area (Å²) in [7, 11) is 4.33. The van der Waals surface area contributed by atoms with E-state index in [-0.39, 0.29) is 35.2 Å². The molecule has 1 aromatic carbocycles. The lowest BCUT2D eigenvalue weighted by Crippen LogP contribution is -2.37. The summed E-state index contributed by atoms with van der Waals surface area (Å²) in [5, 5.41) is 4.01. The highest BCUT2D eigenvalue weighted by Crippen LogP contribution is 2.37. The molecule has 34 heavy (non-hydrogen) atoms. The number of hydrogen-bond donors (Lipinski definition) is 1. The second-order valence-electron chi connectivity index (χ2n) is 8.32. The van der Waals surface area contributed by atoms with Crippen molar-refractivity contribution in [1.82, 2.24) is 9.97 Å². The molecular formula is C23H27N3O7Si. The van der Waals surface area contributed by atoms with Crippen molar-refractivity contribution in [3.05, 3.63) is 35.6 Å². The number of carbonyl (C=O) groups is 1. The zero-order chi connectivity index (χ0) is 24.5. The van der Waals surface area contributed by atoms with Gasteiger partial charge in [0, 0.05) is 6.07 Å². The standard InChI is InChI=1S/C23H27N3O7Si/c1-28-15-11-13-9-10-34(5,6)17(13)12-16(15)33-18-8-7-14(32-18)20(27)24-19-21(29-2)25-23(31-4)26-22(19)30-3/h7-8,11-12H,9-10H2,1-6H3,(H,24,27). The Kier molecular flexibility index (Phi) is 6.38. The van der Waals surface area contributed by atoms with E-state index in [1.54, 1.807) is 13.2 Å². The van der Waals surface area contributed by atoms with Crippen molar-refractivity contribution >= 4 is 24.9 Å². The fraction of sp³-hybridized carbons (Fsp3) is 0.348. The molecule has 0 aliphatic carbocycles. The van der Waals surface area contributed by atoms with E-state index >= 15 is 0 Å². The third kappa shape index (κ3) is 4.38. The van der Waals surface area contributed by atoms with Crippen molar-refractivity contribution in [2.75, 3.05) is 33.8 Å². The van der Waals surface area contributed by atoms with Crippen LogP contribution in [0.2, 0.25) is 19.1 Å². The number of ether oxygens (including phenoxy) is 5. The molecule has 0 saturated heterocycles. The van der Waals surface area contributed by atoms with Crippen molar-refractivity contribution in [1.29, 1.82) is 0 Å². The van der Waals surface area contributed by atoms with Gasteiger partial charge in [0.15, 0.2) is 22.9 Å². The van der Waals surface area contributed by atoms with Crippen molar-refractivity contribution < 1.29 is 32.9 Å². The first-order valence-corrected chi connectivity index (χ1v) is 13.8. The van der Waals surface area contributed by atoms with Crippen LogP contribution < -0.4 is 34.2 Å². The van der Waals surface area contributed by atoms with Crippen molar-refractivity contribution in [2.24, 2.45) is 0 Å². The number of hydrogen-bond acceptors (Lipinski definition) is 9. The van der Waals surface area contributed by atoms with Gasteiger partial charge < -0.3 is 33.4 Å². The number of amides is 1. The summed E-state index contributed by atoms with van der Waals surface area (Å²) in [6.45, 7) is 4.69. The van der Waals surface area contributed by atoms with Crippen LogP contribution in [0.1, 0.15) is 16.1 Å². The Balaban J connectivity index is 1.57. The molecule has 2 aromatic heterocycles. The van der Waals surface area contributed by atoms with Gasteiger partial charge in [-0.25, -0.2) is 0 Å². The smallest absolute Gasteiger partial charge is 0.322 e. The lowest BCUT2D eigenvalue weighted by molar-refractivity contribution is 0.0990. The fourth-order valence-corrected chi connectivity index (χ4v) is 6.69. The zero-order valence-corrected chi connectivity index (χ0v) is 21.0. The Hall–Kier alpha value is -3.73. The first-order chi connectivity index (χ1) is 16.3. The summed E-state index contributed by atoms with van der Waals surface area (Å²) in [5.41, 5.74) is 1.45. The van der Waals surface area contributed by atoms with E-state index in [0.29, 0.717) is 11.5 Å². The largest absolute Gasteiger partial charge is 0.493 e. The molecule has 1 amide bonds. The fourth-order valence-electron chi connectivity index (χ4n) is 3.94. The highest BCUT2D eigenvalue weighted by Gasteiger charge is 2.33. The van der Waals surface area contributed by atoms with Crippen LogP contribution >= 0.6 is 0 Å². The number of nitrogens with one attached hydrogen (secondary N) is 1. The average molecular weight is 486 g/mol. The zero-order valence-electron chi connectivity index (χ0n) is 20.0. The van der Waals surface area contributed by atoms with Gasteiger partial charge in [0.2, 0.25) is 11.8 Å². The molecule has 0 saturated carbocycles. The van der Waals surface area contributed by atoms with E-state index in [1.807, 2.05) is 12.1 Å². The van der Waals surface area contributed by atoms with Crippen LogP contribution in [-0.4, -0.2) is 52.4 Å². The minimum Gasteiger partial charge on any atom is -0.493 e. The van der Waals surface area contributed by atoms with Crippen molar-refractivity contribution in [3.8, 4) is 35.2 Å². The number of carbonyl (C=O) groups excluding carboxylic acids is 1. The average Bonchev–Trinajstić information content (AvgIpc) is 3.42. The predicted molar refractivity (Wildman–Crippen MR) is 127 cm³/mol. The molecule has 3 heterocycles. The topological polar surface area (TPSA) is 114 Å². The maximum Gasteiger partial charge on any atom is 0.322 e. The Morgan fingerprint density at radius 2 is 1.68 bits per heavy atom. The summed E-state index contributed by atoms with van der Waals surface area (Å²) in [5.74, 6) is 0.948. The number of fused-ring (bicyclic) bond motifs is 1. The number of anilines is 1. The van der Waals surface area contributed by atoms with Gasteiger partial charge in [-0.05, 0) is 36.2 Å². The van der Waals surface area contributed by atoms with E-state index in [1.165, 1.54) is 44.2 Å². The van der Waals surface area contributed by atoms with Crippen LogP contribution in [-0.2, 0) is 6.42 Å². The molecule has 0 radical (unpaired) electrons. The summed E-state index contributed by atoms with van der Waals surface area (Å²) >= 11 is 0. The first-order valence-electron chi connectivity index (χ1n) is 10.6. The van der Waals surface area contributed by atoms with E-state index in [0.717, 1.165) is 6.42 Å². The summed E-state index contributed by atoms with van der Waals surface area (Å²) < 4.78 is 32.7. The van der Waals surface area contributed by atoms with E-state index in [2.05, 4.69) is 28.4 Å². The quantitative estimate of drug-likeness (QED) is 0.478. The van der Waals surface area contributed by atoms with Gasteiger partial charge in [-0.1, -0.05) is 18.3 Å². The molecule has 0 spiro atoms. The van der Waals surface area contributed by atoms with Gasteiger partial charge in [0.05, 0.1) is 36.5 Å². The van der Waals surface area contributed by atoms with Gasteiger partial charge in [-0.2, -0.15) is 9.97 Å². The molecule has 180 valence electrons. The maximum absolute atomic E-state index is 12.9. The Labute approximate surface area is 198 Å². The third-order valence-electron chi connectivity index (χ3n) is 5.78. The van der Waals surface area contributed by atoms with Crippen molar-refractivity contribution in [2.45, 2.75) is 25.6 Å². The van der Waals surface area contributed by atoms with Crippen LogP contribution in [0.4, 0.5) is 5.69 Å². The summed E-state index contributed by atoms with van der Waals surface area (Å²) in [6.07, 6.45) is 1.05. The molecule has 1 aliphatic heterocycles. The van der Waals surface area contributed by atoms with Gasteiger partial charge >= 0.3 is 6.01 Å². The second-order valence-corrected chi connectivity index (χ2v) is 13.1. The van der Waals surface area contributed by atoms with Crippen LogP contribution in [0, 0.1) is 0 Å². The van der Waals surface area contributed by atoms with E-state index < -0.39 is 14.0 Å². The predicted octanol–water partition coefficient (Wildman–Crippen LogP) is 3.62. The molecule has 0 unspecified atom stereocenters. The Morgan fingerprint density at radius 3 is 2.29 bits per heavy atom. The van der Waals surface area contributed by atoms with Crippen LogP contribution in [0.15, 0.2) is 28.7 Å². The third-order valence-corrected chi connectivity index (χ3v) is 9.21. The minimum atomic E-state index is -1.50. The number of furan rings is 1. The monoisotopic (exact) mass is 485 g/mol. The molecule has 3 aromatic rings. The normalized spacial score (nSPS) is 13.7. The second kappa shape index (κ2) is 9.25. The number of aromatic nitrogens is 2. The number of benzene rings is 1. The van der Waals surface area contributed by atoms with Gasteiger partial charge in [0.25, 0.3) is 11.9 Å². The van der Waals surface area contributed by atoms with Gasteiger partial charge in [-0.15, -0.1) is 0 Å². The lowest BCUT2D eigenvalue weighted by atomic mass is 10.1. The highest BCUT2D eigenvalue weighted by molar-refractivity contribution is 6.91. The van der Waals surface area contributed by atoms with Crippen LogP contribution in [0.3, 0.4) is 0 Å². The molecule has 0 atom stereocenters. The molecule has 4 rings (SSSR count). The number of aryl methyl sites for hydroxylation is 1. The minimum absolute atomic E-state index is 0.0183. The first kappa shape index (κ1) is 23.4. The summed E-state index contributed by atoms with van der Waals surface area (Å²) in [4.78, 5) is 21.0. The molecule has 11 heteroatoms. The van der Waals surface area contributed by atoms with E-state index in [4.69, 9.17) is 28.1 Å². The Morgan fingerprint density at radius 1 is 0.971 bits per heavy atom. The molecule has 10 nitrogen and oxygen atoms in total. The van der Waals surface area contributed by atoms with Gasteiger partial charge in [0.1, 0.15) is 0 Å². The molecule has 0 fully saturated rings. The molecule has 1 N–H and O–H groups in total. The van der Waals surface area contributed by atoms with Crippen LogP contribution in [0.25, 0.3) is 0 Å². The van der Waals surface area contributed by atoms with Crippen molar-refractivity contribution in [3.63, 3.8) is 0 Å². The SMILES string of the molecule is COc1nc(OC)c(NC(=O)c2ccc(Oc3cc4c(cc3OC)CC[Si]4(C)C)o2)c(OC)n1. The van der Waals surface area contributed by atoms with E-state index in [9.17, 15) is 4.79 Å². The molecular weight excluding hydrogens is 458 g/mol. The molecule has 0 bridgehead atoms. The summed E-state index contributed by atoms with van der Waals surface area (Å²) in [6, 6.07) is 8.39. The number of rotatable bonds is 8. The van der Waals surface area contributed by atoms with Crippen LogP contribution in [0.5, 0.6) is 35.2 Å². The highest BCUT2D eigenvalue weighted by atomic mass is 28.3. The Bertz CT molecular complexity index is 1200. The number of methoxy groups -OCH3 is 4. The lowest BCUT2D eigenvalue weighted by Gasteiger charge is -2.18. The van der Waals surface area contributed by atoms with Gasteiger partial charge in [-0.3, -0.25) is 4.79 Å². The number of nitrogens with zero attached hydrogens (tertiary/aromatic N) is 2.